The van der Waals surface area contributed by atoms with Gasteiger partial charge in [-0.05, 0) is 30.8 Å². The second kappa shape index (κ2) is 5.79. The van der Waals surface area contributed by atoms with Crippen molar-refractivity contribution in [2.45, 2.75) is 17.7 Å². The molecule has 6 heteroatoms. The predicted octanol–water partition coefficient (Wildman–Crippen LogP) is 2.30. The van der Waals surface area contributed by atoms with Crippen molar-refractivity contribution >= 4 is 17.7 Å². The minimum Gasteiger partial charge on any atom is -0.618 e. The van der Waals surface area contributed by atoms with Gasteiger partial charge in [0.05, 0.1) is 12.9 Å². The van der Waals surface area contributed by atoms with Crippen LogP contribution in [-0.2, 0) is 10.5 Å². The van der Waals surface area contributed by atoms with Gasteiger partial charge in [0.1, 0.15) is 17.1 Å². The van der Waals surface area contributed by atoms with Crippen molar-refractivity contribution in [3.63, 3.8) is 0 Å². The molecule has 5 nitrogen and oxygen atoms in total. The average molecular weight is 279 g/mol. The molecule has 0 spiro atoms. The number of carbonyl (C=O) groups excluding carboxylic acids is 1. The molecule has 0 saturated heterocycles. The second-order valence-corrected chi connectivity index (χ2v) is 4.82. The summed E-state index contributed by atoms with van der Waals surface area (Å²) in [5, 5.41) is 12.0. The molecule has 0 aromatic carbocycles. The van der Waals surface area contributed by atoms with Gasteiger partial charge in [-0.1, -0.05) is 0 Å². The van der Waals surface area contributed by atoms with E-state index in [2.05, 4.69) is 4.74 Å². The Hall–Kier alpha value is -1.95. The molecule has 2 aromatic heterocycles. The van der Waals surface area contributed by atoms with Crippen molar-refractivity contribution < 1.29 is 18.7 Å². The fraction of sp³-hybridized carbons (Fsp3) is 0.231. The third-order valence-electron chi connectivity index (χ3n) is 2.53. The maximum atomic E-state index is 11.5. The molecular formula is C13H13NO4S. The molecule has 0 fully saturated rings. The lowest BCUT2D eigenvalue weighted by atomic mass is 10.2. The summed E-state index contributed by atoms with van der Waals surface area (Å²) in [4.78, 5) is 11.4. The third-order valence-corrected chi connectivity index (χ3v) is 3.57. The van der Waals surface area contributed by atoms with Crippen LogP contribution >= 0.6 is 11.8 Å². The molecule has 2 heterocycles. The van der Waals surface area contributed by atoms with Gasteiger partial charge in [-0.3, -0.25) is 0 Å². The Kier molecular flexibility index (Phi) is 4.11. The number of hydrogen-bond donors (Lipinski definition) is 0. The van der Waals surface area contributed by atoms with E-state index in [0.717, 1.165) is 4.73 Å². The molecule has 0 radical (unpaired) electrons. The first-order valence-corrected chi connectivity index (χ1v) is 6.59. The van der Waals surface area contributed by atoms with E-state index in [0.29, 0.717) is 27.9 Å². The Morgan fingerprint density at radius 2 is 2.32 bits per heavy atom. The summed E-state index contributed by atoms with van der Waals surface area (Å²) in [7, 11) is 1.33. The maximum Gasteiger partial charge on any atom is 0.341 e. The van der Waals surface area contributed by atoms with Gasteiger partial charge in [0, 0.05) is 12.1 Å². The minimum absolute atomic E-state index is 0.418. The van der Waals surface area contributed by atoms with Crippen LogP contribution < -0.4 is 4.73 Å². The molecule has 0 atom stereocenters. The zero-order valence-electron chi connectivity index (χ0n) is 10.6. The van der Waals surface area contributed by atoms with Gasteiger partial charge in [0.2, 0.25) is 0 Å². The number of carbonyl (C=O) groups is 1. The van der Waals surface area contributed by atoms with E-state index in [1.54, 1.807) is 31.2 Å². The van der Waals surface area contributed by atoms with Crippen molar-refractivity contribution in [1.82, 2.24) is 0 Å². The molecule has 0 saturated carbocycles. The van der Waals surface area contributed by atoms with Gasteiger partial charge in [0.15, 0.2) is 6.20 Å². The lowest BCUT2D eigenvalue weighted by Gasteiger charge is -2.01. The van der Waals surface area contributed by atoms with E-state index >= 15 is 0 Å². The monoisotopic (exact) mass is 279 g/mol. The van der Waals surface area contributed by atoms with E-state index < -0.39 is 5.97 Å². The van der Waals surface area contributed by atoms with E-state index in [9.17, 15) is 10.0 Å². The average Bonchev–Trinajstić information content (AvgIpc) is 2.78. The highest BCUT2D eigenvalue weighted by Gasteiger charge is 2.16. The number of esters is 1. The van der Waals surface area contributed by atoms with Crippen LogP contribution in [0.4, 0.5) is 0 Å². The lowest BCUT2D eigenvalue weighted by molar-refractivity contribution is -0.645. The van der Waals surface area contributed by atoms with Gasteiger partial charge in [-0.2, -0.15) is 4.73 Å². The summed E-state index contributed by atoms with van der Waals surface area (Å²) in [6, 6.07) is 6.84. The standard InChI is InChI=1S/C13H13NO4S/c1-9-11(13(15)17-2)7-10(18-9)8-19-12-5-3-4-6-14(12)16/h3-7H,8H2,1-2H3. The Bertz CT molecular complexity index is 594. The molecule has 19 heavy (non-hydrogen) atoms. The highest BCUT2D eigenvalue weighted by atomic mass is 32.2. The summed E-state index contributed by atoms with van der Waals surface area (Å²) in [5.41, 5.74) is 0.418. The molecule has 100 valence electrons. The third kappa shape index (κ3) is 3.08. The van der Waals surface area contributed by atoms with Gasteiger partial charge in [0.25, 0.3) is 5.03 Å². The first-order valence-electron chi connectivity index (χ1n) is 5.60. The van der Waals surface area contributed by atoms with E-state index in [-0.39, 0.29) is 0 Å². The molecule has 0 aliphatic heterocycles. The largest absolute Gasteiger partial charge is 0.618 e. The topological polar surface area (TPSA) is 66.4 Å². The number of hydrogen-bond acceptors (Lipinski definition) is 5. The van der Waals surface area contributed by atoms with Crippen LogP contribution in [-0.4, -0.2) is 13.1 Å². The first-order chi connectivity index (χ1) is 9.11. The molecule has 2 aromatic rings. The molecule has 0 aliphatic rings. The SMILES string of the molecule is COC(=O)c1cc(CSc2cccc[n+]2[O-])oc1C. The fourth-order valence-electron chi connectivity index (χ4n) is 1.60. The van der Waals surface area contributed by atoms with E-state index in [4.69, 9.17) is 4.42 Å². The second-order valence-electron chi connectivity index (χ2n) is 3.83. The fourth-order valence-corrected chi connectivity index (χ4v) is 2.39. The van der Waals surface area contributed by atoms with Crippen LogP contribution in [0.5, 0.6) is 0 Å². The number of ether oxygens (including phenoxy) is 1. The van der Waals surface area contributed by atoms with Crippen molar-refractivity contribution in [1.29, 1.82) is 0 Å². The number of aromatic nitrogens is 1. The van der Waals surface area contributed by atoms with Gasteiger partial charge < -0.3 is 14.4 Å². The van der Waals surface area contributed by atoms with Crippen LogP contribution in [0.25, 0.3) is 0 Å². The highest BCUT2D eigenvalue weighted by Crippen LogP contribution is 2.23. The lowest BCUT2D eigenvalue weighted by Crippen LogP contribution is -2.27. The van der Waals surface area contributed by atoms with Crippen LogP contribution in [0.15, 0.2) is 39.9 Å². The quantitative estimate of drug-likeness (QED) is 0.372. The Morgan fingerprint density at radius 3 is 3.00 bits per heavy atom. The summed E-state index contributed by atoms with van der Waals surface area (Å²) in [6.07, 6.45) is 1.44. The number of thioether (sulfide) groups is 1. The maximum absolute atomic E-state index is 11.5. The minimum atomic E-state index is -0.420. The van der Waals surface area contributed by atoms with Crippen LogP contribution in [0.3, 0.4) is 0 Å². The Morgan fingerprint density at radius 1 is 1.53 bits per heavy atom. The smallest absolute Gasteiger partial charge is 0.341 e. The number of rotatable bonds is 4. The Labute approximate surface area is 114 Å². The zero-order chi connectivity index (χ0) is 13.8. The zero-order valence-corrected chi connectivity index (χ0v) is 11.4. The highest BCUT2D eigenvalue weighted by molar-refractivity contribution is 7.98. The normalized spacial score (nSPS) is 10.4. The molecular weight excluding hydrogens is 266 g/mol. The number of pyridine rings is 1. The van der Waals surface area contributed by atoms with Crippen LogP contribution in [0.1, 0.15) is 21.9 Å². The Balaban J connectivity index is 2.09. The number of methoxy groups -OCH3 is 1. The number of aryl methyl sites for hydroxylation is 1. The van der Waals surface area contributed by atoms with Crippen molar-refractivity contribution in [3.05, 3.63) is 52.8 Å². The van der Waals surface area contributed by atoms with Crippen molar-refractivity contribution in [2.75, 3.05) is 7.11 Å². The van der Waals surface area contributed by atoms with E-state index in [1.165, 1.54) is 25.1 Å². The van der Waals surface area contributed by atoms with E-state index in [1.807, 2.05) is 0 Å². The van der Waals surface area contributed by atoms with Gasteiger partial charge in [-0.15, -0.1) is 0 Å². The van der Waals surface area contributed by atoms with Crippen LogP contribution in [0, 0.1) is 12.1 Å². The number of furan rings is 1. The molecule has 0 unspecified atom stereocenters. The van der Waals surface area contributed by atoms with Crippen LogP contribution in [0.2, 0.25) is 0 Å². The summed E-state index contributed by atoms with van der Waals surface area (Å²) in [6.45, 7) is 1.71. The molecule has 0 aliphatic carbocycles. The van der Waals surface area contributed by atoms with Crippen molar-refractivity contribution in [2.24, 2.45) is 0 Å². The first kappa shape index (κ1) is 13.5. The van der Waals surface area contributed by atoms with Gasteiger partial charge >= 0.3 is 5.97 Å². The van der Waals surface area contributed by atoms with Crippen molar-refractivity contribution in [3.8, 4) is 0 Å². The van der Waals surface area contributed by atoms with Gasteiger partial charge in [-0.25, -0.2) is 4.79 Å². The number of nitrogens with zero attached hydrogens (tertiary/aromatic N) is 1. The predicted molar refractivity (Wildman–Crippen MR) is 69.7 cm³/mol. The summed E-state index contributed by atoms with van der Waals surface area (Å²) >= 11 is 1.35. The molecule has 2 rings (SSSR count). The molecule has 0 bridgehead atoms. The molecule has 0 amide bonds. The summed E-state index contributed by atoms with van der Waals surface area (Å²) < 4.78 is 10.9. The molecule has 0 N–H and O–H groups in total. The summed E-state index contributed by atoms with van der Waals surface area (Å²) in [5.74, 6) is 1.21.